The van der Waals surface area contributed by atoms with E-state index in [1.807, 2.05) is 32.0 Å². The summed E-state index contributed by atoms with van der Waals surface area (Å²) in [6.07, 6.45) is 4.17. The predicted octanol–water partition coefficient (Wildman–Crippen LogP) is 3.23. The maximum absolute atomic E-state index is 11.1. The summed E-state index contributed by atoms with van der Waals surface area (Å²) in [5.41, 5.74) is 12.7. The number of anilines is 2. The number of nitrogen functional groups attached to an aromatic ring is 1. The lowest BCUT2D eigenvalue weighted by atomic mass is 10.1. The van der Waals surface area contributed by atoms with Crippen LogP contribution in [0.3, 0.4) is 0 Å². The van der Waals surface area contributed by atoms with Crippen molar-refractivity contribution >= 4 is 85.9 Å². The summed E-state index contributed by atoms with van der Waals surface area (Å²) >= 11 is 2.50. The van der Waals surface area contributed by atoms with Crippen LogP contribution in [0.15, 0.2) is 58.5 Å². The van der Waals surface area contributed by atoms with Crippen LogP contribution in [0.25, 0.3) is 22.7 Å². The Kier molecular flexibility index (Phi) is 12.0. The molecule has 2 aliphatic heterocycles. The minimum absolute atomic E-state index is 0.0766. The fourth-order valence-electron chi connectivity index (χ4n) is 4.29. The van der Waals surface area contributed by atoms with Crippen molar-refractivity contribution < 1.29 is 29.0 Å². The molecule has 0 fully saturated rings. The number of thiazole rings is 1. The van der Waals surface area contributed by atoms with Gasteiger partial charge in [-0.15, -0.1) is 0 Å². The number of hydrogen-bond donors (Lipinski definition) is 5. The van der Waals surface area contributed by atoms with Gasteiger partial charge in [0.1, 0.15) is 29.4 Å². The van der Waals surface area contributed by atoms with Gasteiger partial charge in [0.15, 0.2) is 10.3 Å². The van der Waals surface area contributed by atoms with Crippen LogP contribution in [0, 0.1) is 5.41 Å². The number of nitrogens with two attached hydrogens (primary N) is 2. The second-order valence-electron chi connectivity index (χ2n) is 9.75. The Bertz CT molecular complexity index is 2080. The van der Waals surface area contributed by atoms with Crippen molar-refractivity contribution in [3.63, 3.8) is 0 Å². The molecule has 4 heterocycles. The van der Waals surface area contributed by atoms with E-state index in [-0.39, 0.29) is 23.5 Å². The van der Waals surface area contributed by atoms with E-state index in [2.05, 4.69) is 25.3 Å². The number of fused-ring (bicyclic) bond motifs is 2. The number of carbonyl (C=O) groups excluding carboxylic acids is 3. The Morgan fingerprint density at radius 3 is 2.44 bits per heavy atom. The van der Waals surface area contributed by atoms with Gasteiger partial charge in [0.2, 0.25) is 11.8 Å². The summed E-state index contributed by atoms with van der Waals surface area (Å²) in [6, 6.07) is 12.4. The zero-order valence-corrected chi connectivity index (χ0v) is 27.8. The number of nitrogens with one attached hydrogen (secondary N) is 2. The molecule has 0 saturated carbocycles. The first-order valence-corrected chi connectivity index (χ1v) is 16.2. The highest BCUT2D eigenvalue weighted by molar-refractivity contribution is 8.14. The highest BCUT2D eigenvalue weighted by Gasteiger charge is 2.13. The first-order valence-electron chi connectivity index (χ1n) is 14.4. The van der Waals surface area contributed by atoms with Crippen LogP contribution in [-0.4, -0.2) is 63.1 Å². The third-order valence-electron chi connectivity index (χ3n) is 6.16. The number of ether oxygens (including phenoxy) is 2. The largest absolute Gasteiger partial charge is 0.493 e. The van der Waals surface area contributed by atoms with Gasteiger partial charge < -0.3 is 31.4 Å². The Labute approximate surface area is 282 Å². The molecule has 14 nitrogen and oxygen atoms in total. The van der Waals surface area contributed by atoms with Crippen LogP contribution in [0.1, 0.15) is 41.6 Å². The predicted molar refractivity (Wildman–Crippen MR) is 188 cm³/mol. The topological polar surface area (TPSA) is 228 Å². The molecule has 16 heteroatoms. The smallest absolute Gasteiger partial charge is 0.258 e. The zero-order chi connectivity index (χ0) is 34.8. The fourth-order valence-corrected chi connectivity index (χ4v) is 5.48. The normalized spacial score (nSPS) is 13.5. The van der Waals surface area contributed by atoms with Crippen LogP contribution >= 0.6 is 23.1 Å². The number of thioether (sulfide) groups is 1. The molecular formula is C32H32N8O6S2. The van der Waals surface area contributed by atoms with Gasteiger partial charge in [-0.2, -0.15) is 9.98 Å². The number of pyridine rings is 1. The molecule has 48 heavy (non-hydrogen) atoms. The monoisotopic (exact) mass is 688 g/mol. The molecule has 7 N–H and O–H groups in total. The molecule has 248 valence electrons. The molecule has 0 aliphatic carbocycles. The van der Waals surface area contributed by atoms with Crippen LogP contribution in [-0.2, 0) is 14.3 Å². The number of aldehydes is 1. The number of hydrogen-bond acceptors (Lipinski definition) is 13. The van der Waals surface area contributed by atoms with Crippen LogP contribution in [0.5, 0.6) is 11.6 Å². The first-order chi connectivity index (χ1) is 23.0. The van der Waals surface area contributed by atoms with Crippen molar-refractivity contribution in [2.24, 2.45) is 15.7 Å². The third kappa shape index (κ3) is 9.46. The van der Waals surface area contributed by atoms with Crippen molar-refractivity contribution in [1.29, 1.82) is 5.41 Å². The SMILES string of the molecule is CCOC1=CC(=N)N=c2ccc(=Cc3sc(N)nc3O)cc21.CCOc1cc(NC(C)=O)nc2ccc(C=O)cc12.NC1=NC(=O)CS1. The molecule has 0 bridgehead atoms. The van der Waals surface area contributed by atoms with E-state index in [0.717, 1.165) is 22.5 Å². The average molecular weight is 689 g/mol. The lowest BCUT2D eigenvalue weighted by Crippen LogP contribution is -2.20. The highest BCUT2D eigenvalue weighted by Crippen LogP contribution is 2.29. The number of amidine groups is 2. The van der Waals surface area contributed by atoms with Crippen LogP contribution < -0.4 is 32.1 Å². The van der Waals surface area contributed by atoms with Crippen molar-refractivity contribution in [3.05, 3.63) is 75.1 Å². The van der Waals surface area contributed by atoms with Crippen LogP contribution in [0.4, 0.5) is 10.9 Å². The maximum Gasteiger partial charge on any atom is 0.258 e. The maximum atomic E-state index is 11.1. The van der Waals surface area contributed by atoms with E-state index >= 15 is 0 Å². The second-order valence-corrected chi connectivity index (χ2v) is 11.8. The van der Waals surface area contributed by atoms with Gasteiger partial charge in [0.05, 0.1) is 34.7 Å². The van der Waals surface area contributed by atoms with E-state index in [1.165, 1.54) is 30.0 Å². The van der Waals surface area contributed by atoms with E-state index in [1.54, 1.807) is 36.4 Å². The zero-order valence-electron chi connectivity index (χ0n) is 26.1. The molecule has 2 aromatic carbocycles. The second kappa shape index (κ2) is 16.3. The number of aromatic nitrogens is 2. The molecular weight excluding hydrogens is 657 g/mol. The van der Waals surface area contributed by atoms with Gasteiger partial charge in [0.25, 0.3) is 5.91 Å². The van der Waals surface area contributed by atoms with E-state index in [4.69, 9.17) is 26.4 Å². The third-order valence-corrected chi connectivity index (χ3v) is 7.76. The Hall–Kier alpha value is -5.61. The summed E-state index contributed by atoms with van der Waals surface area (Å²) in [5, 5.41) is 23.1. The van der Waals surface area contributed by atoms with Crippen molar-refractivity contribution in [2.45, 2.75) is 20.8 Å². The molecule has 0 spiro atoms. The average Bonchev–Trinajstić information content (AvgIpc) is 3.58. The lowest BCUT2D eigenvalue weighted by Gasteiger charge is -2.12. The number of carbonyl (C=O) groups is 3. The van der Waals surface area contributed by atoms with E-state index < -0.39 is 0 Å². The number of amides is 2. The summed E-state index contributed by atoms with van der Waals surface area (Å²) in [5.74, 6) is 1.85. The molecule has 0 radical (unpaired) electrons. The minimum atomic E-state index is -0.196. The van der Waals surface area contributed by atoms with Crippen molar-refractivity contribution in [1.82, 2.24) is 9.97 Å². The molecule has 4 aromatic rings. The summed E-state index contributed by atoms with van der Waals surface area (Å²) in [4.78, 5) is 48.3. The van der Waals surface area contributed by atoms with E-state index in [9.17, 15) is 19.5 Å². The Morgan fingerprint density at radius 2 is 1.85 bits per heavy atom. The fraction of sp³-hybridized carbons (Fsp3) is 0.188. The molecule has 0 unspecified atom stereocenters. The van der Waals surface area contributed by atoms with E-state index in [0.29, 0.717) is 67.9 Å². The Morgan fingerprint density at radius 1 is 1.08 bits per heavy atom. The number of rotatable bonds is 7. The molecule has 6 rings (SSSR count). The molecule has 0 atom stereocenters. The Balaban J connectivity index is 0.000000182. The standard InChI is InChI=1S/C15H14N4O2S.C14H14N2O3.C3H4N2OS/c1-2-21-11-7-13(16)18-10-4-3-8(5-9(10)11)6-12-14(20)19-15(17)22-12;1-3-19-13-7-14(15-9(2)18)16-12-5-4-10(8-17)6-11(12)13;4-3-5-2(6)1-7-3/h3-7,16,20H,2H2,1H3,(H2,17,19);4-8H,3H2,1-2H3,(H,15,16,18);1H2,(H2,4,5,6). The van der Waals surface area contributed by atoms with Crippen molar-refractivity contribution in [3.8, 4) is 11.6 Å². The summed E-state index contributed by atoms with van der Waals surface area (Å²) in [7, 11) is 0. The quantitative estimate of drug-likeness (QED) is 0.177. The van der Waals surface area contributed by atoms with Crippen LogP contribution in [0.2, 0.25) is 0 Å². The van der Waals surface area contributed by atoms with Gasteiger partial charge in [-0.1, -0.05) is 29.2 Å². The number of nitrogens with zero attached hydrogens (tertiary/aromatic N) is 4. The van der Waals surface area contributed by atoms with Gasteiger partial charge >= 0.3 is 0 Å². The lowest BCUT2D eigenvalue weighted by molar-refractivity contribution is -0.115. The number of benzene rings is 2. The molecule has 2 aromatic heterocycles. The van der Waals surface area contributed by atoms with Gasteiger partial charge in [0, 0.05) is 35.6 Å². The van der Waals surface area contributed by atoms with Crippen molar-refractivity contribution in [2.75, 3.05) is 30.0 Å². The highest BCUT2D eigenvalue weighted by atomic mass is 32.2. The summed E-state index contributed by atoms with van der Waals surface area (Å²) < 4.78 is 11.1. The first kappa shape index (κ1) is 35.2. The number of aliphatic imine (C=N–C) groups is 1. The molecule has 0 saturated heterocycles. The van der Waals surface area contributed by atoms with Gasteiger partial charge in [-0.3, -0.25) is 19.8 Å². The number of aromatic hydroxyl groups is 1. The minimum Gasteiger partial charge on any atom is -0.493 e. The van der Waals surface area contributed by atoms with Gasteiger partial charge in [-0.25, -0.2) is 9.98 Å². The molecule has 2 amide bonds. The molecule has 2 aliphatic rings. The van der Waals surface area contributed by atoms with Gasteiger partial charge in [-0.05, 0) is 55.5 Å². The summed E-state index contributed by atoms with van der Waals surface area (Å²) in [6.45, 7) is 6.18.